The lowest BCUT2D eigenvalue weighted by molar-refractivity contribution is -0.145. The van der Waals surface area contributed by atoms with Crippen LogP contribution in [0.1, 0.15) is 39.2 Å². The Balaban J connectivity index is 2.88. The molecule has 0 saturated carbocycles. The van der Waals surface area contributed by atoms with Gasteiger partial charge in [0.15, 0.2) is 0 Å². The summed E-state index contributed by atoms with van der Waals surface area (Å²) in [7, 11) is 0. The fourth-order valence-corrected chi connectivity index (χ4v) is 1.85. The molecule has 1 aromatic rings. The first kappa shape index (κ1) is 18.7. The molecule has 0 radical (unpaired) electrons. The number of esters is 2. The highest BCUT2D eigenvalue weighted by Crippen LogP contribution is 2.17. The minimum Gasteiger partial charge on any atom is -0.494 e. The summed E-state index contributed by atoms with van der Waals surface area (Å²) in [4.78, 5) is 23.6. The maximum atomic E-state index is 12.0. The molecule has 5 nitrogen and oxygen atoms in total. The smallest absolute Gasteiger partial charge is 0.334 e. The third-order valence-electron chi connectivity index (χ3n) is 2.87. The fourth-order valence-electron chi connectivity index (χ4n) is 1.85. The maximum absolute atomic E-state index is 12.0. The second-order valence-electron chi connectivity index (χ2n) is 4.79. The first-order valence-electron chi connectivity index (χ1n) is 7.86. The molecule has 23 heavy (non-hydrogen) atoms. The van der Waals surface area contributed by atoms with E-state index in [1.165, 1.54) is 0 Å². The summed E-state index contributed by atoms with van der Waals surface area (Å²) >= 11 is 0. The molecule has 0 aromatic heterocycles. The van der Waals surface area contributed by atoms with Crippen molar-refractivity contribution in [2.75, 3.05) is 19.8 Å². The lowest BCUT2D eigenvalue weighted by Gasteiger charge is -2.08. The van der Waals surface area contributed by atoms with Crippen LogP contribution in [0.3, 0.4) is 0 Å². The molecule has 1 rings (SSSR count). The van der Waals surface area contributed by atoms with Crippen LogP contribution in [0.15, 0.2) is 29.8 Å². The summed E-state index contributed by atoms with van der Waals surface area (Å²) in [6.07, 6.45) is 2.47. The Kier molecular flexibility index (Phi) is 8.50. The Morgan fingerprint density at radius 2 is 1.65 bits per heavy atom. The Morgan fingerprint density at radius 1 is 1.00 bits per heavy atom. The first-order chi connectivity index (χ1) is 11.1. The van der Waals surface area contributed by atoms with Crippen LogP contribution in [-0.2, 0) is 19.1 Å². The molecule has 1 aromatic carbocycles. The molecular weight excluding hydrogens is 296 g/mol. The van der Waals surface area contributed by atoms with Crippen molar-refractivity contribution in [1.29, 1.82) is 0 Å². The monoisotopic (exact) mass is 320 g/mol. The molecule has 0 N–H and O–H groups in total. The van der Waals surface area contributed by atoms with E-state index in [-0.39, 0.29) is 25.2 Å². The summed E-state index contributed by atoms with van der Waals surface area (Å²) in [5, 5.41) is 0. The summed E-state index contributed by atoms with van der Waals surface area (Å²) in [5.74, 6) is -0.186. The van der Waals surface area contributed by atoms with Gasteiger partial charge in [-0.05, 0) is 44.0 Å². The molecule has 0 unspecified atom stereocenters. The van der Waals surface area contributed by atoms with Crippen molar-refractivity contribution in [3.8, 4) is 5.75 Å². The highest BCUT2D eigenvalue weighted by atomic mass is 16.5. The van der Waals surface area contributed by atoms with Gasteiger partial charge in [0, 0.05) is 5.57 Å². The van der Waals surface area contributed by atoms with Crippen LogP contribution in [-0.4, -0.2) is 31.8 Å². The summed E-state index contributed by atoms with van der Waals surface area (Å²) in [6.45, 7) is 6.67. The lowest BCUT2D eigenvalue weighted by Crippen LogP contribution is -2.13. The molecule has 0 spiro atoms. The number of ether oxygens (including phenoxy) is 3. The van der Waals surface area contributed by atoms with E-state index in [0.717, 1.165) is 17.7 Å². The van der Waals surface area contributed by atoms with Gasteiger partial charge in [0.1, 0.15) is 5.75 Å². The van der Waals surface area contributed by atoms with Crippen LogP contribution in [0.4, 0.5) is 0 Å². The minimum atomic E-state index is -0.508. The van der Waals surface area contributed by atoms with E-state index < -0.39 is 11.9 Å². The van der Waals surface area contributed by atoms with Crippen molar-refractivity contribution in [3.63, 3.8) is 0 Å². The minimum absolute atomic E-state index is 0.110. The molecule has 0 fully saturated rings. The van der Waals surface area contributed by atoms with Gasteiger partial charge >= 0.3 is 11.9 Å². The lowest BCUT2D eigenvalue weighted by atomic mass is 10.1. The van der Waals surface area contributed by atoms with E-state index in [1.807, 2.05) is 31.2 Å². The zero-order chi connectivity index (χ0) is 17.1. The molecule has 0 amide bonds. The van der Waals surface area contributed by atoms with Crippen molar-refractivity contribution in [3.05, 3.63) is 35.4 Å². The van der Waals surface area contributed by atoms with Crippen LogP contribution in [0.5, 0.6) is 5.75 Å². The Morgan fingerprint density at radius 3 is 2.22 bits per heavy atom. The van der Waals surface area contributed by atoms with E-state index in [1.54, 1.807) is 19.9 Å². The van der Waals surface area contributed by atoms with Gasteiger partial charge in [-0.15, -0.1) is 0 Å². The second-order valence-corrected chi connectivity index (χ2v) is 4.79. The standard InChI is InChI=1S/C18H24O5/c1-4-11-23-16-9-7-14(8-10-16)12-15(18(20)22-6-3)13-17(19)21-5-2/h7-10,12H,4-6,11,13H2,1-3H3. The number of rotatable bonds is 9. The molecular formula is C18H24O5. The molecule has 5 heteroatoms. The molecule has 0 heterocycles. The van der Waals surface area contributed by atoms with Crippen molar-refractivity contribution >= 4 is 18.0 Å². The predicted octanol–water partition coefficient (Wildman–Crippen LogP) is 3.38. The third kappa shape index (κ3) is 7.00. The van der Waals surface area contributed by atoms with Gasteiger partial charge < -0.3 is 14.2 Å². The average molecular weight is 320 g/mol. The van der Waals surface area contributed by atoms with Gasteiger partial charge in [0.25, 0.3) is 0 Å². The van der Waals surface area contributed by atoms with E-state index in [2.05, 4.69) is 0 Å². The third-order valence-corrected chi connectivity index (χ3v) is 2.87. The van der Waals surface area contributed by atoms with Crippen LogP contribution in [0, 0.1) is 0 Å². The van der Waals surface area contributed by atoms with Gasteiger partial charge in [-0.3, -0.25) is 4.79 Å². The highest BCUT2D eigenvalue weighted by Gasteiger charge is 2.16. The summed E-state index contributed by atoms with van der Waals surface area (Å²) in [6, 6.07) is 7.31. The van der Waals surface area contributed by atoms with Gasteiger partial charge in [-0.25, -0.2) is 4.79 Å². The zero-order valence-electron chi connectivity index (χ0n) is 14.0. The number of hydrogen-bond donors (Lipinski definition) is 0. The van der Waals surface area contributed by atoms with Crippen LogP contribution < -0.4 is 4.74 Å². The van der Waals surface area contributed by atoms with Crippen molar-refractivity contribution < 1.29 is 23.8 Å². The van der Waals surface area contributed by atoms with Crippen molar-refractivity contribution in [2.45, 2.75) is 33.6 Å². The van der Waals surface area contributed by atoms with Gasteiger partial charge in [-0.2, -0.15) is 0 Å². The summed E-state index contributed by atoms with van der Waals surface area (Å²) < 4.78 is 15.4. The maximum Gasteiger partial charge on any atom is 0.334 e. The quantitative estimate of drug-likeness (QED) is 0.515. The van der Waals surface area contributed by atoms with E-state index in [0.29, 0.717) is 6.61 Å². The van der Waals surface area contributed by atoms with Crippen LogP contribution in [0.25, 0.3) is 6.08 Å². The molecule has 0 aliphatic carbocycles. The Bertz CT molecular complexity index is 531. The molecule has 0 saturated heterocycles. The van der Waals surface area contributed by atoms with Crippen LogP contribution >= 0.6 is 0 Å². The Hall–Kier alpha value is -2.30. The van der Waals surface area contributed by atoms with E-state index >= 15 is 0 Å². The molecule has 0 bridgehead atoms. The van der Waals surface area contributed by atoms with Gasteiger partial charge in [0.2, 0.25) is 0 Å². The largest absolute Gasteiger partial charge is 0.494 e. The SMILES string of the molecule is CCCOc1ccc(C=C(CC(=O)OCC)C(=O)OCC)cc1. The molecule has 0 atom stereocenters. The Labute approximate surface area is 137 Å². The topological polar surface area (TPSA) is 61.8 Å². The first-order valence-corrected chi connectivity index (χ1v) is 7.86. The molecule has 0 aliphatic rings. The van der Waals surface area contributed by atoms with Crippen molar-refractivity contribution in [1.82, 2.24) is 0 Å². The molecule has 0 aliphatic heterocycles. The van der Waals surface area contributed by atoms with Crippen molar-refractivity contribution in [2.24, 2.45) is 0 Å². The number of benzene rings is 1. The van der Waals surface area contributed by atoms with Gasteiger partial charge in [0.05, 0.1) is 26.2 Å². The van der Waals surface area contributed by atoms with E-state index in [9.17, 15) is 9.59 Å². The normalized spacial score (nSPS) is 11.0. The number of carbonyl (C=O) groups excluding carboxylic acids is 2. The van der Waals surface area contributed by atoms with Crippen LogP contribution in [0.2, 0.25) is 0 Å². The average Bonchev–Trinajstić information content (AvgIpc) is 2.54. The predicted molar refractivity (Wildman–Crippen MR) is 88.1 cm³/mol. The second kappa shape index (κ2) is 10.4. The molecule has 126 valence electrons. The number of hydrogen-bond acceptors (Lipinski definition) is 5. The number of carbonyl (C=O) groups is 2. The van der Waals surface area contributed by atoms with E-state index in [4.69, 9.17) is 14.2 Å². The van der Waals surface area contributed by atoms with Gasteiger partial charge in [-0.1, -0.05) is 19.1 Å². The summed E-state index contributed by atoms with van der Waals surface area (Å²) in [5.41, 5.74) is 1.06. The zero-order valence-corrected chi connectivity index (χ0v) is 14.0. The highest BCUT2D eigenvalue weighted by molar-refractivity contribution is 5.98. The fraction of sp³-hybridized carbons (Fsp3) is 0.444.